The van der Waals surface area contributed by atoms with Crippen molar-refractivity contribution in [2.24, 2.45) is 5.73 Å². The van der Waals surface area contributed by atoms with Crippen LogP contribution in [0.15, 0.2) is 36.5 Å². The third-order valence-electron chi connectivity index (χ3n) is 5.05. The molecule has 1 aromatic carbocycles. The van der Waals surface area contributed by atoms with E-state index in [1.165, 1.54) is 0 Å². The molecule has 0 spiro atoms. The van der Waals surface area contributed by atoms with Crippen LogP contribution in [-0.2, 0) is 6.54 Å². The first-order valence-electron chi connectivity index (χ1n) is 9.10. The van der Waals surface area contributed by atoms with Crippen molar-refractivity contribution in [2.75, 3.05) is 25.1 Å². The number of ether oxygens (including phenoxy) is 1. The van der Waals surface area contributed by atoms with Crippen molar-refractivity contribution in [1.82, 2.24) is 14.5 Å². The van der Waals surface area contributed by atoms with Crippen molar-refractivity contribution in [3.05, 3.63) is 53.6 Å². The maximum Gasteiger partial charge on any atom is 0.206 e. The number of fused-ring (bicyclic) bond motifs is 1. The van der Waals surface area contributed by atoms with Gasteiger partial charge in [0.15, 0.2) is 0 Å². The number of rotatable bonds is 4. The van der Waals surface area contributed by atoms with E-state index >= 15 is 0 Å². The van der Waals surface area contributed by atoms with E-state index in [0.717, 1.165) is 28.4 Å². The number of anilines is 1. The lowest BCUT2D eigenvalue weighted by Crippen LogP contribution is -2.50. The Morgan fingerprint density at radius 3 is 2.83 bits per heavy atom. The van der Waals surface area contributed by atoms with Gasteiger partial charge < -0.3 is 19.9 Å². The topological polar surface area (TPSA) is 73.6 Å². The van der Waals surface area contributed by atoms with Crippen LogP contribution >= 0.6 is 12.4 Å². The van der Waals surface area contributed by atoms with E-state index in [4.69, 9.17) is 22.0 Å². The molecule has 152 valence electrons. The number of nitrogens with two attached hydrogens (primary N) is 1. The smallest absolute Gasteiger partial charge is 0.206 e. The zero-order chi connectivity index (χ0) is 19.7. The van der Waals surface area contributed by atoms with Gasteiger partial charge in [0.1, 0.15) is 11.9 Å². The number of pyridine rings is 1. The molecule has 1 fully saturated rings. The summed E-state index contributed by atoms with van der Waals surface area (Å²) in [6.07, 6.45) is 0.953. The normalized spacial score (nSPS) is 18.9. The Labute approximate surface area is 174 Å². The molecule has 2 N–H and O–H groups in total. The number of nitrogens with zero attached hydrogens (tertiary/aromatic N) is 5. The molecule has 1 saturated heterocycles. The fourth-order valence-corrected chi connectivity index (χ4v) is 3.49. The molecule has 29 heavy (non-hydrogen) atoms. The molecule has 0 unspecified atom stereocenters. The minimum absolute atomic E-state index is 0. The van der Waals surface area contributed by atoms with E-state index in [1.807, 2.05) is 33.7 Å². The van der Waals surface area contributed by atoms with Gasteiger partial charge >= 0.3 is 0 Å². The maximum absolute atomic E-state index is 13.9. The van der Waals surface area contributed by atoms with Crippen LogP contribution < -0.4 is 15.4 Å². The summed E-state index contributed by atoms with van der Waals surface area (Å²) in [6.45, 7) is 8.51. The van der Waals surface area contributed by atoms with E-state index in [-0.39, 0.29) is 12.4 Å². The molecule has 3 aromatic rings. The summed E-state index contributed by atoms with van der Waals surface area (Å²) in [5.41, 5.74) is 9.00. The van der Waals surface area contributed by atoms with Crippen LogP contribution in [0.5, 0.6) is 5.75 Å². The maximum atomic E-state index is 13.9. The average Bonchev–Trinajstić information content (AvgIpc) is 3.08. The molecular weight excluding hydrogens is 395 g/mol. The van der Waals surface area contributed by atoms with E-state index in [2.05, 4.69) is 9.83 Å². The second-order valence-electron chi connectivity index (χ2n) is 6.89. The van der Waals surface area contributed by atoms with Crippen molar-refractivity contribution in [3.63, 3.8) is 0 Å². The van der Waals surface area contributed by atoms with Crippen molar-refractivity contribution in [1.29, 1.82) is 0 Å². The second kappa shape index (κ2) is 8.64. The van der Waals surface area contributed by atoms with E-state index < -0.39 is 12.2 Å². The number of halogens is 2. The molecule has 1 aliphatic rings. The molecule has 0 bridgehead atoms. The van der Waals surface area contributed by atoms with Crippen molar-refractivity contribution in [2.45, 2.75) is 25.2 Å². The van der Waals surface area contributed by atoms with E-state index in [0.29, 0.717) is 31.7 Å². The fraction of sp³-hybridized carbons (Fsp3) is 0.350. The van der Waals surface area contributed by atoms with Crippen LogP contribution in [-0.4, -0.2) is 46.9 Å². The largest absolute Gasteiger partial charge is 0.497 e. The molecule has 9 heteroatoms. The summed E-state index contributed by atoms with van der Waals surface area (Å²) >= 11 is 0. The highest BCUT2D eigenvalue weighted by molar-refractivity contribution is 5.85. The number of hydrogen-bond acceptors (Lipinski definition) is 5. The van der Waals surface area contributed by atoms with Gasteiger partial charge in [0.2, 0.25) is 11.6 Å². The molecule has 4 rings (SSSR count). The lowest BCUT2D eigenvalue weighted by atomic mass is 10.1. The lowest BCUT2D eigenvalue weighted by Gasteiger charge is -2.34. The third kappa shape index (κ3) is 4.11. The fourth-order valence-electron chi connectivity index (χ4n) is 3.49. The van der Waals surface area contributed by atoms with Crippen LogP contribution in [0, 0.1) is 6.57 Å². The van der Waals surface area contributed by atoms with Gasteiger partial charge in [-0.15, -0.1) is 12.4 Å². The first-order chi connectivity index (χ1) is 13.6. The number of benzene rings is 1. The Bertz CT molecular complexity index is 1030. The minimum atomic E-state index is -0.989. The predicted molar refractivity (Wildman–Crippen MR) is 113 cm³/mol. The monoisotopic (exact) mass is 416 g/mol. The molecule has 2 atom stereocenters. The molecular formula is C20H22ClFN6O. The number of aromatic nitrogens is 3. The van der Waals surface area contributed by atoms with Gasteiger partial charge in [-0.1, -0.05) is 6.07 Å². The van der Waals surface area contributed by atoms with Gasteiger partial charge in [0, 0.05) is 25.4 Å². The standard InChI is InChI=1S/C20H21FN6O.ClH/c1-23-13-3-4-14(24-10-13)11-27-19-9-15(28-2)5-6-18(19)25-20(27)26-8-7-16(21)17(22)12-26;/h3-6,9-10,16-17H,7-8,11-12,22H2,2H3;1H/t16-,17-;/m1./s1. The van der Waals surface area contributed by atoms with Gasteiger partial charge in [0.25, 0.3) is 0 Å². The third-order valence-corrected chi connectivity index (χ3v) is 5.05. The second-order valence-corrected chi connectivity index (χ2v) is 6.89. The molecule has 1 aliphatic heterocycles. The van der Waals surface area contributed by atoms with Crippen molar-refractivity contribution >= 4 is 35.1 Å². The van der Waals surface area contributed by atoms with Gasteiger partial charge in [-0.2, -0.15) is 0 Å². The number of alkyl halides is 1. The average molecular weight is 417 g/mol. The van der Waals surface area contributed by atoms with E-state index in [9.17, 15) is 4.39 Å². The molecule has 0 saturated carbocycles. The molecule has 0 aliphatic carbocycles. The van der Waals surface area contributed by atoms with Gasteiger partial charge in [-0.05, 0) is 24.6 Å². The van der Waals surface area contributed by atoms with Crippen LogP contribution in [0.2, 0.25) is 0 Å². The molecule has 3 heterocycles. The molecule has 0 radical (unpaired) electrons. The Balaban J connectivity index is 0.00000240. The van der Waals surface area contributed by atoms with Gasteiger partial charge in [-0.25, -0.2) is 14.2 Å². The zero-order valence-corrected chi connectivity index (χ0v) is 16.8. The summed E-state index contributed by atoms with van der Waals surface area (Å²) < 4.78 is 21.3. The predicted octanol–water partition coefficient (Wildman–Crippen LogP) is 3.34. The first-order valence-corrected chi connectivity index (χ1v) is 9.10. The number of imidazole rings is 1. The summed E-state index contributed by atoms with van der Waals surface area (Å²) in [5.74, 6) is 1.47. The highest BCUT2D eigenvalue weighted by Crippen LogP contribution is 2.29. The molecule has 2 aromatic heterocycles. The SMILES string of the molecule is Cl.[C-]#[N+]c1ccc(Cn2c(N3CC[C@@H](F)[C@H](N)C3)nc3ccc(OC)cc32)nc1. The Hall–Kier alpha value is -2.89. The summed E-state index contributed by atoms with van der Waals surface area (Å²) in [7, 11) is 1.62. The van der Waals surface area contributed by atoms with Crippen LogP contribution in [0.1, 0.15) is 12.1 Å². The molecule has 0 amide bonds. The Morgan fingerprint density at radius 2 is 2.17 bits per heavy atom. The zero-order valence-electron chi connectivity index (χ0n) is 16.0. The quantitative estimate of drug-likeness (QED) is 0.660. The van der Waals surface area contributed by atoms with Crippen molar-refractivity contribution < 1.29 is 9.13 Å². The highest BCUT2D eigenvalue weighted by atomic mass is 35.5. The Kier molecular flexibility index (Phi) is 6.20. The van der Waals surface area contributed by atoms with Crippen molar-refractivity contribution in [3.8, 4) is 5.75 Å². The summed E-state index contributed by atoms with van der Waals surface area (Å²) in [5, 5.41) is 0. The number of methoxy groups -OCH3 is 1. The summed E-state index contributed by atoms with van der Waals surface area (Å²) in [6, 6.07) is 8.76. The Morgan fingerprint density at radius 1 is 1.34 bits per heavy atom. The number of piperidine rings is 1. The lowest BCUT2D eigenvalue weighted by molar-refractivity contribution is 0.243. The van der Waals surface area contributed by atoms with Crippen LogP contribution in [0.25, 0.3) is 15.9 Å². The van der Waals surface area contributed by atoms with Crippen LogP contribution in [0.3, 0.4) is 0 Å². The molecule has 7 nitrogen and oxygen atoms in total. The van der Waals surface area contributed by atoms with Gasteiger partial charge in [-0.3, -0.25) is 4.98 Å². The highest BCUT2D eigenvalue weighted by Gasteiger charge is 2.29. The number of hydrogen-bond donors (Lipinski definition) is 1. The van der Waals surface area contributed by atoms with E-state index in [1.54, 1.807) is 19.4 Å². The first kappa shape index (κ1) is 20.8. The van der Waals surface area contributed by atoms with Crippen LogP contribution in [0.4, 0.5) is 16.0 Å². The summed E-state index contributed by atoms with van der Waals surface area (Å²) in [4.78, 5) is 14.6. The minimum Gasteiger partial charge on any atom is -0.497 e. The van der Waals surface area contributed by atoms with Gasteiger partial charge in [0.05, 0.1) is 43.0 Å².